The van der Waals surface area contributed by atoms with E-state index < -0.39 is 5.82 Å². The van der Waals surface area contributed by atoms with E-state index in [2.05, 4.69) is 10.1 Å². The van der Waals surface area contributed by atoms with Crippen LogP contribution in [0.15, 0.2) is 47.6 Å². The number of carbonyl (C=O) groups is 1. The van der Waals surface area contributed by atoms with Crippen LogP contribution in [0.5, 0.6) is 11.5 Å². The van der Waals surface area contributed by atoms with Crippen LogP contribution in [-0.4, -0.2) is 41.1 Å². The maximum Gasteiger partial charge on any atom is 0.280 e. The first-order valence-electron chi connectivity index (χ1n) is 7.61. The number of benzene rings is 2. The zero-order valence-corrected chi connectivity index (χ0v) is 15.2. The number of carbonyl (C=O) groups excluding carboxylic acids is 1. The highest BCUT2D eigenvalue weighted by Crippen LogP contribution is 2.31. The van der Waals surface area contributed by atoms with E-state index in [-0.39, 0.29) is 5.91 Å². The van der Waals surface area contributed by atoms with Gasteiger partial charge in [0, 0.05) is 11.1 Å². The number of aromatic nitrogens is 3. The Morgan fingerprint density at radius 1 is 1.08 bits per heavy atom. The lowest BCUT2D eigenvalue weighted by Gasteiger charge is -2.07. The number of ether oxygens (including phenoxy) is 2. The van der Waals surface area contributed by atoms with Crippen LogP contribution in [0, 0.1) is 5.82 Å². The molecule has 134 valence electrons. The second-order valence-electron chi connectivity index (χ2n) is 5.22. The smallest absolute Gasteiger partial charge is 0.280 e. The van der Waals surface area contributed by atoms with E-state index in [1.807, 2.05) is 0 Å². The molecular formula is C18H16FN3O3S. The highest BCUT2D eigenvalue weighted by atomic mass is 32.2. The number of thioether (sulfide) groups is 1. The minimum absolute atomic E-state index is 0.325. The van der Waals surface area contributed by atoms with E-state index in [0.717, 1.165) is 0 Å². The lowest BCUT2D eigenvalue weighted by Crippen LogP contribution is -2.14. The fourth-order valence-electron chi connectivity index (χ4n) is 2.37. The molecule has 3 aromatic rings. The Hall–Kier alpha value is -2.87. The molecule has 1 aromatic heterocycles. The molecule has 6 nitrogen and oxygen atoms in total. The van der Waals surface area contributed by atoms with Crippen LogP contribution in [-0.2, 0) is 0 Å². The standard InChI is InChI=1S/C18H16FN3O3S/c1-24-14-9-6-12(10-15(14)25-2)16-20-18(26-3)22(21-16)17(23)11-4-7-13(19)8-5-11/h4-10H,1-3H3. The molecule has 0 bridgehead atoms. The number of halogens is 1. The predicted molar refractivity (Wildman–Crippen MR) is 96.5 cm³/mol. The second-order valence-corrected chi connectivity index (χ2v) is 5.99. The van der Waals surface area contributed by atoms with Gasteiger partial charge in [-0.25, -0.2) is 9.37 Å². The van der Waals surface area contributed by atoms with Gasteiger partial charge in [0.25, 0.3) is 5.91 Å². The molecule has 0 aliphatic heterocycles. The van der Waals surface area contributed by atoms with Crippen molar-refractivity contribution in [3.63, 3.8) is 0 Å². The summed E-state index contributed by atoms with van der Waals surface area (Å²) in [4.78, 5) is 17.1. The topological polar surface area (TPSA) is 66.2 Å². The van der Waals surface area contributed by atoms with Gasteiger partial charge in [-0.1, -0.05) is 11.8 Å². The maximum absolute atomic E-state index is 13.1. The fraction of sp³-hybridized carbons (Fsp3) is 0.167. The lowest BCUT2D eigenvalue weighted by atomic mass is 10.2. The molecule has 0 saturated heterocycles. The second kappa shape index (κ2) is 7.57. The first-order valence-corrected chi connectivity index (χ1v) is 8.83. The number of hydrogen-bond donors (Lipinski definition) is 0. The minimum atomic E-state index is -0.406. The monoisotopic (exact) mass is 373 g/mol. The maximum atomic E-state index is 13.1. The van der Waals surface area contributed by atoms with Crippen LogP contribution in [0.25, 0.3) is 11.4 Å². The van der Waals surface area contributed by atoms with Crippen LogP contribution in [0.1, 0.15) is 10.4 Å². The van der Waals surface area contributed by atoms with Crippen LogP contribution in [0.4, 0.5) is 4.39 Å². The van der Waals surface area contributed by atoms with Gasteiger partial charge in [-0.15, -0.1) is 5.10 Å². The normalized spacial score (nSPS) is 10.6. The Balaban J connectivity index is 2.01. The summed E-state index contributed by atoms with van der Waals surface area (Å²) in [5.74, 6) is 0.718. The van der Waals surface area contributed by atoms with Crippen molar-refractivity contribution < 1.29 is 18.7 Å². The average Bonchev–Trinajstić information content (AvgIpc) is 3.11. The van der Waals surface area contributed by atoms with Crippen molar-refractivity contribution in [3.8, 4) is 22.9 Å². The van der Waals surface area contributed by atoms with Crippen molar-refractivity contribution in [1.29, 1.82) is 0 Å². The molecule has 0 radical (unpaired) electrons. The zero-order chi connectivity index (χ0) is 18.7. The van der Waals surface area contributed by atoms with Gasteiger partial charge in [0.2, 0.25) is 0 Å². The predicted octanol–water partition coefficient (Wildman–Crippen LogP) is 3.51. The van der Waals surface area contributed by atoms with Crippen LogP contribution < -0.4 is 9.47 Å². The molecule has 2 aromatic carbocycles. The molecule has 0 aliphatic carbocycles. The van der Waals surface area contributed by atoms with Gasteiger partial charge in [0.15, 0.2) is 22.5 Å². The van der Waals surface area contributed by atoms with Gasteiger partial charge < -0.3 is 9.47 Å². The molecule has 0 N–H and O–H groups in total. The summed E-state index contributed by atoms with van der Waals surface area (Å²) in [6.07, 6.45) is 1.80. The van der Waals surface area contributed by atoms with E-state index in [4.69, 9.17) is 9.47 Å². The molecule has 0 aliphatic rings. The first kappa shape index (κ1) is 17.9. The lowest BCUT2D eigenvalue weighted by molar-refractivity contribution is 0.0933. The quantitative estimate of drug-likeness (QED) is 0.638. The van der Waals surface area contributed by atoms with Gasteiger partial charge in [-0.3, -0.25) is 4.79 Å². The Bertz CT molecular complexity index is 941. The van der Waals surface area contributed by atoms with Crippen LogP contribution in [0.3, 0.4) is 0 Å². The Morgan fingerprint density at radius 2 is 1.77 bits per heavy atom. The minimum Gasteiger partial charge on any atom is -0.493 e. The molecule has 8 heteroatoms. The van der Waals surface area contributed by atoms with E-state index in [1.54, 1.807) is 38.7 Å². The number of rotatable bonds is 5. The highest BCUT2D eigenvalue weighted by molar-refractivity contribution is 7.98. The average molecular weight is 373 g/mol. The Morgan fingerprint density at radius 3 is 2.38 bits per heavy atom. The van der Waals surface area contributed by atoms with Gasteiger partial charge in [-0.05, 0) is 48.7 Å². The summed E-state index contributed by atoms with van der Waals surface area (Å²) in [6, 6.07) is 10.6. The van der Waals surface area contributed by atoms with Crippen molar-refractivity contribution in [2.75, 3.05) is 20.5 Å². The van der Waals surface area contributed by atoms with Crippen molar-refractivity contribution in [2.24, 2.45) is 0 Å². The number of nitrogens with zero attached hydrogens (tertiary/aromatic N) is 3. The van der Waals surface area contributed by atoms with E-state index in [0.29, 0.717) is 33.6 Å². The zero-order valence-electron chi connectivity index (χ0n) is 14.4. The summed E-state index contributed by atoms with van der Waals surface area (Å²) in [7, 11) is 3.09. The summed E-state index contributed by atoms with van der Waals surface area (Å²) in [5, 5.41) is 4.76. The van der Waals surface area contributed by atoms with Gasteiger partial charge >= 0.3 is 0 Å². The summed E-state index contributed by atoms with van der Waals surface area (Å²) < 4.78 is 24.8. The molecule has 0 saturated carbocycles. The summed E-state index contributed by atoms with van der Waals surface area (Å²) >= 11 is 1.29. The fourth-order valence-corrected chi connectivity index (χ4v) is 2.85. The van der Waals surface area contributed by atoms with Gasteiger partial charge in [-0.2, -0.15) is 4.68 Å². The van der Waals surface area contributed by atoms with Crippen molar-refractivity contribution in [2.45, 2.75) is 5.16 Å². The van der Waals surface area contributed by atoms with Crippen LogP contribution >= 0.6 is 11.8 Å². The van der Waals surface area contributed by atoms with Crippen molar-refractivity contribution in [1.82, 2.24) is 14.8 Å². The number of methoxy groups -OCH3 is 2. The Labute approximate surface area is 154 Å². The largest absolute Gasteiger partial charge is 0.493 e. The SMILES string of the molecule is COc1ccc(-c2nc(SC)n(C(=O)c3ccc(F)cc3)n2)cc1OC. The van der Waals surface area contributed by atoms with E-state index in [9.17, 15) is 9.18 Å². The van der Waals surface area contributed by atoms with E-state index >= 15 is 0 Å². The molecular weight excluding hydrogens is 357 g/mol. The highest BCUT2D eigenvalue weighted by Gasteiger charge is 2.19. The van der Waals surface area contributed by atoms with Crippen molar-refractivity contribution >= 4 is 17.7 Å². The number of hydrogen-bond acceptors (Lipinski definition) is 6. The van der Waals surface area contributed by atoms with Crippen LogP contribution in [0.2, 0.25) is 0 Å². The molecule has 1 heterocycles. The third-order valence-electron chi connectivity index (χ3n) is 3.69. The Kier molecular flexibility index (Phi) is 5.22. The summed E-state index contributed by atoms with van der Waals surface area (Å²) in [5.41, 5.74) is 1.01. The molecule has 0 fully saturated rings. The first-order chi connectivity index (χ1) is 12.6. The molecule has 0 unspecified atom stereocenters. The third-order valence-corrected chi connectivity index (χ3v) is 4.31. The van der Waals surface area contributed by atoms with E-state index in [1.165, 1.54) is 40.7 Å². The molecule has 0 atom stereocenters. The van der Waals surface area contributed by atoms with Gasteiger partial charge in [0.05, 0.1) is 14.2 Å². The molecule has 0 spiro atoms. The summed E-state index contributed by atoms with van der Waals surface area (Å²) in [6.45, 7) is 0. The molecule has 0 amide bonds. The molecule has 26 heavy (non-hydrogen) atoms. The van der Waals surface area contributed by atoms with Crippen molar-refractivity contribution in [3.05, 3.63) is 53.8 Å². The van der Waals surface area contributed by atoms with Gasteiger partial charge in [0.1, 0.15) is 5.82 Å². The molecule has 3 rings (SSSR count). The third kappa shape index (κ3) is 3.41.